The molecule has 0 aliphatic rings. The van der Waals surface area contributed by atoms with Crippen molar-refractivity contribution in [1.29, 1.82) is 0 Å². The van der Waals surface area contributed by atoms with E-state index in [-0.39, 0.29) is 37.5 Å². The predicted molar refractivity (Wildman–Crippen MR) is 361 cm³/mol. The van der Waals surface area contributed by atoms with Crippen LogP contribution < -0.4 is 0 Å². The molecule has 0 aromatic rings. The molecule has 6 heteroatoms. The van der Waals surface area contributed by atoms with Crippen LogP contribution >= 0.6 is 0 Å². The smallest absolute Gasteiger partial charge is 0.306 e. The number of hydrogen-bond acceptors (Lipinski definition) is 6. The number of hydrogen-bond donors (Lipinski definition) is 0. The Bertz CT molecular complexity index is 1890. The topological polar surface area (TPSA) is 78.9 Å². The summed E-state index contributed by atoms with van der Waals surface area (Å²) in [5, 5.41) is 0. The third kappa shape index (κ3) is 67.4. The fraction of sp³-hybridized carbons (Fsp3) is 0.597. The second kappa shape index (κ2) is 69.3. The fourth-order valence-corrected chi connectivity index (χ4v) is 8.76. The summed E-state index contributed by atoms with van der Waals surface area (Å²) in [5.74, 6) is -0.975. The molecular weight excluding hydrogens is 1020 g/mol. The molecule has 0 fully saturated rings. The lowest BCUT2D eigenvalue weighted by Crippen LogP contribution is -2.30. The van der Waals surface area contributed by atoms with Gasteiger partial charge in [0.05, 0.1) is 0 Å². The highest BCUT2D eigenvalue weighted by molar-refractivity contribution is 5.71. The Hall–Kier alpha value is -5.23. The Kier molecular flexibility index (Phi) is 64.9. The molecule has 6 nitrogen and oxygen atoms in total. The van der Waals surface area contributed by atoms with Gasteiger partial charge in [-0.15, -0.1) is 0 Å². The van der Waals surface area contributed by atoms with E-state index in [1.54, 1.807) is 0 Å². The van der Waals surface area contributed by atoms with Gasteiger partial charge in [0, 0.05) is 19.3 Å². The van der Waals surface area contributed by atoms with Crippen molar-refractivity contribution in [2.45, 2.75) is 284 Å². The normalized spacial score (nSPS) is 13.2. The van der Waals surface area contributed by atoms with E-state index in [0.29, 0.717) is 19.3 Å². The van der Waals surface area contributed by atoms with Crippen LogP contribution in [0.1, 0.15) is 278 Å². The first-order valence-corrected chi connectivity index (χ1v) is 33.6. The summed E-state index contributed by atoms with van der Waals surface area (Å²) in [7, 11) is 0. The van der Waals surface area contributed by atoms with Crippen LogP contribution in [0.4, 0.5) is 0 Å². The third-order valence-electron chi connectivity index (χ3n) is 13.7. The Morgan fingerprint density at radius 2 is 0.470 bits per heavy atom. The minimum Gasteiger partial charge on any atom is -0.462 e. The molecule has 1 unspecified atom stereocenters. The van der Waals surface area contributed by atoms with E-state index in [9.17, 15) is 14.4 Å². The van der Waals surface area contributed by atoms with Crippen LogP contribution in [0.5, 0.6) is 0 Å². The molecule has 83 heavy (non-hydrogen) atoms. The number of unbranched alkanes of at least 4 members (excludes halogenated alkanes) is 20. The van der Waals surface area contributed by atoms with Crippen LogP contribution in [0, 0.1) is 0 Å². The van der Waals surface area contributed by atoms with Gasteiger partial charge in [-0.1, -0.05) is 294 Å². The molecule has 0 radical (unpaired) electrons. The van der Waals surface area contributed by atoms with Crippen LogP contribution in [0.2, 0.25) is 0 Å². The second-order valence-corrected chi connectivity index (χ2v) is 21.6. The van der Waals surface area contributed by atoms with Crippen molar-refractivity contribution >= 4 is 17.9 Å². The van der Waals surface area contributed by atoms with E-state index in [4.69, 9.17) is 14.2 Å². The van der Waals surface area contributed by atoms with Gasteiger partial charge in [0.15, 0.2) is 6.10 Å². The molecule has 0 aliphatic heterocycles. The standard InChI is InChI=1S/C77H122O6/c1-4-7-10-13-16-19-22-25-28-30-32-33-34-35-36-37-38-39-40-41-42-43-45-46-49-52-55-58-61-64-67-70-76(79)82-73-74(72-81-75(78)69-66-63-60-57-54-51-48-27-24-21-18-15-12-9-6-3)83-77(80)71-68-65-62-59-56-53-50-47-44-31-29-26-23-20-17-14-11-8-5-2/h7-8,10-11,16-17,19-20,25-26,28-29,32-33,35-36,38-39,41-42,44-47,52-53,55-56,74H,4-6,9,12-15,18,21-24,27,30-31,34,37,40,43,48-51,54,57-73H2,1-3H3/b10-7-,11-8-,19-16-,20-17-,28-25-,29-26-,33-32-,36-35-,39-38-,42-41-,46-45-,47-44-,55-52-,56-53-. The largest absolute Gasteiger partial charge is 0.462 e. The van der Waals surface area contributed by atoms with Gasteiger partial charge >= 0.3 is 17.9 Å². The molecule has 0 spiro atoms. The molecule has 0 aromatic carbocycles. The van der Waals surface area contributed by atoms with Crippen molar-refractivity contribution in [2.24, 2.45) is 0 Å². The zero-order chi connectivity index (χ0) is 59.9. The average molecular weight is 1140 g/mol. The summed E-state index contributed by atoms with van der Waals surface area (Å²) in [4.78, 5) is 38.4. The number of carbonyl (C=O) groups excluding carboxylic acids is 3. The first kappa shape index (κ1) is 77.8. The molecule has 0 aliphatic carbocycles. The average Bonchev–Trinajstić information content (AvgIpc) is 3.49. The van der Waals surface area contributed by atoms with E-state index in [1.807, 2.05) is 0 Å². The zero-order valence-corrected chi connectivity index (χ0v) is 53.4. The maximum absolute atomic E-state index is 12.9. The van der Waals surface area contributed by atoms with Crippen molar-refractivity contribution in [3.05, 3.63) is 170 Å². The van der Waals surface area contributed by atoms with E-state index >= 15 is 0 Å². The summed E-state index contributed by atoms with van der Waals surface area (Å²) in [6.07, 6.45) is 102. The number of carbonyl (C=O) groups is 3. The Morgan fingerprint density at radius 1 is 0.253 bits per heavy atom. The quantitative estimate of drug-likeness (QED) is 0.0261. The number of esters is 3. The summed E-state index contributed by atoms with van der Waals surface area (Å²) in [5.41, 5.74) is 0. The van der Waals surface area contributed by atoms with Crippen molar-refractivity contribution in [2.75, 3.05) is 13.2 Å². The van der Waals surface area contributed by atoms with Crippen LogP contribution in [-0.2, 0) is 28.6 Å². The molecule has 0 aromatic heterocycles. The lowest BCUT2D eigenvalue weighted by atomic mass is 10.0. The zero-order valence-electron chi connectivity index (χ0n) is 53.4. The van der Waals surface area contributed by atoms with Crippen molar-refractivity contribution in [1.82, 2.24) is 0 Å². The number of allylic oxidation sites excluding steroid dienone is 28. The Labute approximate surface area is 511 Å². The fourth-order valence-electron chi connectivity index (χ4n) is 8.76. The summed E-state index contributed by atoms with van der Waals surface area (Å²) < 4.78 is 16.9. The number of rotatable bonds is 59. The van der Waals surface area contributed by atoms with Crippen LogP contribution in [0.15, 0.2) is 170 Å². The molecular formula is C77H122O6. The molecule has 0 amide bonds. The van der Waals surface area contributed by atoms with Crippen LogP contribution in [0.25, 0.3) is 0 Å². The van der Waals surface area contributed by atoms with Crippen molar-refractivity contribution in [3.63, 3.8) is 0 Å². The van der Waals surface area contributed by atoms with Gasteiger partial charge in [-0.05, 0) is 135 Å². The lowest BCUT2D eigenvalue weighted by Gasteiger charge is -2.18. The highest BCUT2D eigenvalue weighted by Crippen LogP contribution is 2.15. The maximum Gasteiger partial charge on any atom is 0.306 e. The van der Waals surface area contributed by atoms with Gasteiger partial charge in [0.1, 0.15) is 13.2 Å². The molecule has 0 bridgehead atoms. The second-order valence-electron chi connectivity index (χ2n) is 21.6. The SMILES string of the molecule is CC/C=C\C/C=C\C/C=C\C/C=C\C/C=C\C/C=C\C/C=C\C/C=C\C/C=C\CCCCCC(=O)OCC(COC(=O)CCCCCCCCCCCCCCCCC)OC(=O)CCCCC/C=C\C/C=C\C/C=C\C/C=C\C/C=C\CC. The highest BCUT2D eigenvalue weighted by Gasteiger charge is 2.19. The van der Waals surface area contributed by atoms with Crippen LogP contribution in [0.3, 0.4) is 0 Å². The first-order valence-electron chi connectivity index (χ1n) is 33.6. The van der Waals surface area contributed by atoms with Gasteiger partial charge in [0.2, 0.25) is 0 Å². The summed E-state index contributed by atoms with van der Waals surface area (Å²) in [6.45, 7) is 6.36. The van der Waals surface area contributed by atoms with E-state index in [2.05, 4.69) is 191 Å². The summed E-state index contributed by atoms with van der Waals surface area (Å²) in [6, 6.07) is 0. The predicted octanol–water partition coefficient (Wildman–Crippen LogP) is 23.4. The lowest BCUT2D eigenvalue weighted by molar-refractivity contribution is -0.167. The first-order chi connectivity index (χ1) is 41.0. The molecule has 1 atom stereocenters. The van der Waals surface area contributed by atoms with Gasteiger partial charge in [0.25, 0.3) is 0 Å². The van der Waals surface area contributed by atoms with Crippen molar-refractivity contribution < 1.29 is 28.6 Å². The van der Waals surface area contributed by atoms with Crippen molar-refractivity contribution in [3.8, 4) is 0 Å². The van der Waals surface area contributed by atoms with E-state index in [0.717, 1.165) is 154 Å². The van der Waals surface area contributed by atoms with Gasteiger partial charge in [-0.3, -0.25) is 14.4 Å². The molecule has 0 saturated heterocycles. The minimum absolute atomic E-state index is 0.107. The molecule has 466 valence electrons. The van der Waals surface area contributed by atoms with E-state index in [1.165, 1.54) is 77.0 Å². The van der Waals surface area contributed by atoms with E-state index < -0.39 is 6.10 Å². The maximum atomic E-state index is 12.9. The third-order valence-corrected chi connectivity index (χ3v) is 13.7. The Morgan fingerprint density at radius 3 is 0.735 bits per heavy atom. The van der Waals surface area contributed by atoms with Gasteiger partial charge < -0.3 is 14.2 Å². The van der Waals surface area contributed by atoms with Gasteiger partial charge in [-0.25, -0.2) is 0 Å². The molecule has 0 saturated carbocycles. The van der Waals surface area contributed by atoms with Crippen LogP contribution in [-0.4, -0.2) is 37.2 Å². The Balaban J connectivity index is 4.48. The monoisotopic (exact) mass is 1140 g/mol. The molecule has 0 N–H and O–H groups in total. The van der Waals surface area contributed by atoms with Gasteiger partial charge in [-0.2, -0.15) is 0 Å². The highest BCUT2D eigenvalue weighted by atomic mass is 16.6. The molecule has 0 rings (SSSR count). The summed E-state index contributed by atoms with van der Waals surface area (Å²) >= 11 is 0. The minimum atomic E-state index is -0.818. The molecule has 0 heterocycles. The number of ether oxygens (including phenoxy) is 3.